The fraction of sp³-hybridized carbons (Fsp3) is 0.429. The summed E-state index contributed by atoms with van der Waals surface area (Å²) in [5.74, 6) is 0.445. The van der Waals surface area contributed by atoms with Crippen LogP contribution in [0, 0.1) is 25.6 Å². The van der Waals surface area contributed by atoms with Gasteiger partial charge >= 0.3 is 0 Å². The number of carbonyl (C=O) groups is 2. The quantitative estimate of drug-likeness (QED) is 0.810. The highest BCUT2D eigenvalue weighted by molar-refractivity contribution is 6.02. The molecule has 1 aromatic heterocycles. The molecule has 144 valence electrons. The summed E-state index contributed by atoms with van der Waals surface area (Å²) in [5.41, 5.74) is 2.55. The summed E-state index contributed by atoms with van der Waals surface area (Å²) in [6.45, 7) is 6.93. The van der Waals surface area contributed by atoms with Gasteiger partial charge in [-0.3, -0.25) is 9.59 Å². The zero-order valence-corrected chi connectivity index (χ0v) is 16.0. The standard InChI is InChI=1S/C21H25FN2O3/c1-13-19(14(2)23-20(13)15(3)25)21(26)24-10-4-5-16(11-24)12-27-18-8-6-17(22)7-9-18/h6-9,16,23H,4-5,10-12H2,1-3H3/t16-/m0/s1. The van der Waals surface area contributed by atoms with Gasteiger partial charge in [0.05, 0.1) is 17.9 Å². The predicted octanol–water partition coefficient (Wildman–Crippen LogP) is 3.90. The molecule has 2 heterocycles. The molecule has 0 saturated carbocycles. The summed E-state index contributed by atoms with van der Waals surface area (Å²) in [6.07, 6.45) is 1.89. The summed E-state index contributed by atoms with van der Waals surface area (Å²) >= 11 is 0. The maximum absolute atomic E-state index is 13.0. The molecule has 0 spiro atoms. The number of Topliss-reactive ketones (excluding diaryl/α,β-unsaturated/α-hetero) is 1. The molecule has 1 atom stereocenters. The Morgan fingerprint density at radius 2 is 1.96 bits per heavy atom. The van der Waals surface area contributed by atoms with Crippen molar-refractivity contribution in [3.63, 3.8) is 0 Å². The Hall–Kier alpha value is -2.63. The van der Waals surface area contributed by atoms with E-state index in [1.807, 2.05) is 18.7 Å². The molecule has 0 aliphatic carbocycles. The minimum atomic E-state index is -0.293. The zero-order valence-electron chi connectivity index (χ0n) is 16.0. The number of likely N-dealkylation sites (tertiary alicyclic amines) is 1. The van der Waals surface area contributed by atoms with Gasteiger partial charge in [0.2, 0.25) is 0 Å². The molecule has 1 saturated heterocycles. The third kappa shape index (κ3) is 4.21. The van der Waals surface area contributed by atoms with Crippen molar-refractivity contribution in [3.8, 4) is 5.75 Å². The van der Waals surface area contributed by atoms with Crippen molar-refractivity contribution in [2.75, 3.05) is 19.7 Å². The first-order valence-electron chi connectivity index (χ1n) is 9.24. The molecule has 1 aliphatic rings. The molecule has 1 fully saturated rings. The van der Waals surface area contributed by atoms with Crippen molar-refractivity contribution >= 4 is 11.7 Å². The summed E-state index contributed by atoms with van der Waals surface area (Å²) in [6, 6.07) is 5.96. The second-order valence-electron chi connectivity index (χ2n) is 7.21. The lowest BCUT2D eigenvalue weighted by Gasteiger charge is -2.33. The van der Waals surface area contributed by atoms with Crippen LogP contribution in [0.4, 0.5) is 4.39 Å². The van der Waals surface area contributed by atoms with Crippen molar-refractivity contribution in [1.82, 2.24) is 9.88 Å². The van der Waals surface area contributed by atoms with E-state index in [-0.39, 0.29) is 23.4 Å². The van der Waals surface area contributed by atoms with E-state index in [0.29, 0.717) is 36.7 Å². The number of ketones is 1. The monoisotopic (exact) mass is 372 g/mol. The van der Waals surface area contributed by atoms with Crippen molar-refractivity contribution in [3.05, 3.63) is 52.6 Å². The van der Waals surface area contributed by atoms with Crippen LogP contribution >= 0.6 is 0 Å². The maximum atomic E-state index is 13.0. The van der Waals surface area contributed by atoms with Gasteiger partial charge in [0.1, 0.15) is 11.6 Å². The second-order valence-corrected chi connectivity index (χ2v) is 7.21. The SMILES string of the molecule is CC(=O)c1[nH]c(C)c(C(=O)N2CCC[C@H](COc3ccc(F)cc3)C2)c1C. The second kappa shape index (κ2) is 7.94. The third-order valence-corrected chi connectivity index (χ3v) is 5.11. The van der Waals surface area contributed by atoms with Crippen molar-refractivity contribution in [2.24, 2.45) is 5.92 Å². The number of aromatic amines is 1. The topological polar surface area (TPSA) is 62.4 Å². The van der Waals surface area contributed by atoms with E-state index in [1.165, 1.54) is 19.1 Å². The number of ether oxygens (including phenoxy) is 1. The van der Waals surface area contributed by atoms with Crippen LogP contribution in [0.5, 0.6) is 5.75 Å². The van der Waals surface area contributed by atoms with E-state index in [0.717, 1.165) is 24.1 Å². The lowest BCUT2D eigenvalue weighted by Crippen LogP contribution is -2.42. The first-order valence-corrected chi connectivity index (χ1v) is 9.24. The Morgan fingerprint density at radius 1 is 1.26 bits per heavy atom. The molecule has 1 amide bonds. The van der Waals surface area contributed by atoms with E-state index in [2.05, 4.69) is 4.98 Å². The van der Waals surface area contributed by atoms with Gasteiger partial charge in [-0.05, 0) is 56.5 Å². The highest BCUT2D eigenvalue weighted by Gasteiger charge is 2.28. The van der Waals surface area contributed by atoms with Crippen molar-refractivity contribution < 1.29 is 18.7 Å². The molecule has 1 N–H and O–H groups in total. The number of carbonyl (C=O) groups excluding carboxylic acids is 2. The number of H-pyrrole nitrogens is 1. The minimum Gasteiger partial charge on any atom is -0.493 e. The van der Waals surface area contributed by atoms with E-state index >= 15 is 0 Å². The zero-order chi connectivity index (χ0) is 19.6. The lowest BCUT2D eigenvalue weighted by atomic mass is 9.97. The summed E-state index contributed by atoms with van der Waals surface area (Å²) in [7, 11) is 0. The molecule has 2 aromatic rings. The summed E-state index contributed by atoms with van der Waals surface area (Å²) in [4.78, 5) is 29.7. The van der Waals surface area contributed by atoms with Gasteiger partial charge in [0, 0.05) is 31.6 Å². The maximum Gasteiger partial charge on any atom is 0.255 e. The molecule has 0 unspecified atom stereocenters. The molecule has 0 bridgehead atoms. The highest BCUT2D eigenvalue weighted by Crippen LogP contribution is 2.24. The number of hydrogen-bond donors (Lipinski definition) is 1. The number of aromatic nitrogens is 1. The molecular formula is C21H25FN2O3. The summed E-state index contributed by atoms with van der Waals surface area (Å²) < 4.78 is 18.7. The first-order chi connectivity index (χ1) is 12.9. The molecule has 3 rings (SSSR count). The molecule has 6 heteroatoms. The molecule has 1 aromatic carbocycles. The fourth-order valence-electron chi connectivity index (χ4n) is 3.71. The van der Waals surface area contributed by atoms with Crippen LogP contribution in [0.1, 0.15) is 51.9 Å². The van der Waals surface area contributed by atoms with Gasteiger partial charge in [0.25, 0.3) is 5.91 Å². The van der Waals surface area contributed by atoms with Crippen LogP contribution < -0.4 is 4.74 Å². The third-order valence-electron chi connectivity index (χ3n) is 5.11. The Bertz CT molecular complexity index is 842. The van der Waals surface area contributed by atoms with Crippen LogP contribution in [0.15, 0.2) is 24.3 Å². The van der Waals surface area contributed by atoms with E-state index < -0.39 is 0 Å². The van der Waals surface area contributed by atoms with Crippen molar-refractivity contribution in [1.29, 1.82) is 0 Å². The number of amides is 1. The fourth-order valence-corrected chi connectivity index (χ4v) is 3.71. The van der Waals surface area contributed by atoms with Gasteiger partial charge in [-0.1, -0.05) is 0 Å². The smallest absolute Gasteiger partial charge is 0.255 e. The van der Waals surface area contributed by atoms with E-state index in [4.69, 9.17) is 4.74 Å². The lowest BCUT2D eigenvalue weighted by molar-refractivity contribution is 0.0632. The number of nitrogens with zero attached hydrogens (tertiary/aromatic N) is 1. The first kappa shape index (κ1) is 19.1. The van der Waals surface area contributed by atoms with Gasteiger partial charge in [-0.15, -0.1) is 0 Å². The van der Waals surface area contributed by atoms with Crippen LogP contribution in [-0.4, -0.2) is 41.3 Å². The molecule has 0 radical (unpaired) electrons. The Labute approximate surface area is 158 Å². The number of aryl methyl sites for hydroxylation is 1. The molecule has 27 heavy (non-hydrogen) atoms. The minimum absolute atomic E-state index is 0.0415. The Morgan fingerprint density at radius 3 is 2.59 bits per heavy atom. The number of rotatable bonds is 5. The molecule has 1 aliphatic heterocycles. The highest BCUT2D eigenvalue weighted by atomic mass is 19.1. The molecular weight excluding hydrogens is 347 g/mol. The van der Waals surface area contributed by atoms with Gasteiger partial charge < -0.3 is 14.6 Å². The van der Waals surface area contributed by atoms with Crippen LogP contribution in [0.25, 0.3) is 0 Å². The number of nitrogens with one attached hydrogen (secondary N) is 1. The van der Waals surface area contributed by atoms with Crippen LogP contribution in [0.3, 0.4) is 0 Å². The van der Waals surface area contributed by atoms with Crippen LogP contribution in [-0.2, 0) is 0 Å². The predicted molar refractivity (Wildman–Crippen MR) is 101 cm³/mol. The average molecular weight is 372 g/mol. The largest absolute Gasteiger partial charge is 0.493 e. The Balaban J connectivity index is 1.66. The number of piperidine rings is 1. The normalized spacial score (nSPS) is 17.0. The molecule has 5 nitrogen and oxygen atoms in total. The number of halogens is 1. The van der Waals surface area contributed by atoms with Gasteiger partial charge in [-0.2, -0.15) is 0 Å². The summed E-state index contributed by atoms with van der Waals surface area (Å²) in [5, 5.41) is 0. The van der Waals surface area contributed by atoms with E-state index in [9.17, 15) is 14.0 Å². The van der Waals surface area contributed by atoms with Gasteiger partial charge in [-0.25, -0.2) is 4.39 Å². The Kier molecular flexibility index (Phi) is 5.63. The number of benzene rings is 1. The number of hydrogen-bond acceptors (Lipinski definition) is 3. The van der Waals surface area contributed by atoms with E-state index in [1.54, 1.807) is 12.1 Å². The van der Waals surface area contributed by atoms with Gasteiger partial charge in [0.15, 0.2) is 5.78 Å². The van der Waals surface area contributed by atoms with Crippen LogP contribution in [0.2, 0.25) is 0 Å². The van der Waals surface area contributed by atoms with Crippen molar-refractivity contribution in [2.45, 2.75) is 33.6 Å². The average Bonchev–Trinajstić information content (AvgIpc) is 2.95.